The highest BCUT2D eigenvalue weighted by Crippen LogP contribution is 2.19. The smallest absolute Gasteiger partial charge is 0.106 e. The van der Waals surface area contributed by atoms with E-state index in [4.69, 9.17) is 11.6 Å². The average Bonchev–Trinajstić information content (AvgIpc) is 2.54. The molecule has 0 saturated heterocycles. The van der Waals surface area contributed by atoms with Crippen LogP contribution in [0.5, 0.6) is 0 Å². The van der Waals surface area contributed by atoms with Gasteiger partial charge in [0.05, 0.1) is 0 Å². The van der Waals surface area contributed by atoms with Crippen LogP contribution < -0.4 is 0 Å². The van der Waals surface area contributed by atoms with E-state index in [-0.39, 0.29) is 0 Å². The number of nitrogens with one attached hydrogen (secondary N) is 1. The second-order valence-electron chi connectivity index (χ2n) is 2.59. The molecule has 0 fully saturated rings. The Balaban J connectivity index is 2.45. The van der Waals surface area contributed by atoms with Gasteiger partial charge >= 0.3 is 0 Å². The quantitative estimate of drug-likeness (QED) is 0.688. The Labute approximate surface area is 76.0 Å². The fraction of sp³-hybridized carbons (Fsp3) is 0. The van der Waals surface area contributed by atoms with E-state index >= 15 is 0 Å². The van der Waals surface area contributed by atoms with Crippen molar-refractivity contribution in [3.05, 3.63) is 47.6 Å². The Morgan fingerprint density at radius 1 is 0.917 bits per heavy atom. The Bertz CT molecular complexity index is 364. The predicted molar refractivity (Wildman–Crippen MR) is 51.2 cm³/mol. The lowest BCUT2D eigenvalue weighted by atomic mass is 10.2. The topological polar surface area (TPSA) is 15.8 Å². The third-order valence-corrected chi connectivity index (χ3v) is 1.96. The molecule has 0 aliphatic rings. The molecule has 1 heterocycles. The number of benzene rings is 1. The molecule has 0 atom stereocenters. The van der Waals surface area contributed by atoms with E-state index in [1.165, 1.54) is 0 Å². The van der Waals surface area contributed by atoms with Crippen LogP contribution in [0, 0.1) is 0 Å². The summed E-state index contributed by atoms with van der Waals surface area (Å²) in [7, 11) is 0. The Morgan fingerprint density at radius 3 is 2.25 bits per heavy atom. The van der Waals surface area contributed by atoms with E-state index in [0.29, 0.717) is 5.15 Å². The van der Waals surface area contributed by atoms with Crippen LogP contribution in [-0.2, 0) is 0 Å². The third kappa shape index (κ3) is 1.36. The first-order chi connectivity index (χ1) is 5.86. The first kappa shape index (κ1) is 7.44. The molecule has 0 saturated carbocycles. The molecule has 0 radical (unpaired) electrons. The first-order valence-corrected chi connectivity index (χ1v) is 4.14. The SMILES string of the molecule is Clc1ccc(-c2ccccc2)[nH]1. The number of aromatic nitrogens is 1. The minimum atomic E-state index is 0.675. The van der Waals surface area contributed by atoms with Gasteiger partial charge < -0.3 is 4.98 Å². The van der Waals surface area contributed by atoms with Crippen molar-refractivity contribution in [2.24, 2.45) is 0 Å². The van der Waals surface area contributed by atoms with Gasteiger partial charge in [-0.05, 0) is 17.7 Å². The van der Waals surface area contributed by atoms with E-state index in [9.17, 15) is 0 Å². The maximum Gasteiger partial charge on any atom is 0.106 e. The molecular weight excluding hydrogens is 170 g/mol. The fourth-order valence-corrected chi connectivity index (χ4v) is 1.32. The van der Waals surface area contributed by atoms with Gasteiger partial charge in [-0.25, -0.2) is 0 Å². The van der Waals surface area contributed by atoms with Crippen molar-refractivity contribution in [3.63, 3.8) is 0 Å². The minimum Gasteiger partial charge on any atom is -0.346 e. The maximum atomic E-state index is 5.75. The highest BCUT2D eigenvalue weighted by atomic mass is 35.5. The second-order valence-corrected chi connectivity index (χ2v) is 2.99. The van der Waals surface area contributed by atoms with Gasteiger partial charge in [-0.2, -0.15) is 0 Å². The highest BCUT2D eigenvalue weighted by Gasteiger charge is 1.97. The minimum absolute atomic E-state index is 0.675. The van der Waals surface area contributed by atoms with Crippen molar-refractivity contribution >= 4 is 11.6 Å². The van der Waals surface area contributed by atoms with E-state index < -0.39 is 0 Å². The van der Waals surface area contributed by atoms with Gasteiger partial charge in [-0.3, -0.25) is 0 Å². The number of hydrogen-bond donors (Lipinski definition) is 1. The third-order valence-electron chi connectivity index (χ3n) is 1.74. The molecule has 1 aromatic heterocycles. The van der Waals surface area contributed by atoms with Gasteiger partial charge in [-0.15, -0.1) is 0 Å². The van der Waals surface area contributed by atoms with E-state index in [1.54, 1.807) is 0 Å². The zero-order valence-corrected chi connectivity index (χ0v) is 7.18. The van der Waals surface area contributed by atoms with Gasteiger partial charge in [0.2, 0.25) is 0 Å². The number of halogens is 1. The lowest BCUT2D eigenvalue weighted by Crippen LogP contribution is -1.74. The standard InChI is InChI=1S/C10H8ClN/c11-10-7-6-9(12-10)8-4-2-1-3-5-8/h1-7,12H. The summed E-state index contributed by atoms with van der Waals surface area (Å²) in [6.07, 6.45) is 0. The van der Waals surface area contributed by atoms with Gasteiger partial charge in [0, 0.05) is 5.69 Å². The summed E-state index contributed by atoms with van der Waals surface area (Å²) in [5, 5.41) is 0.675. The zero-order valence-electron chi connectivity index (χ0n) is 6.42. The molecule has 0 aliphatic carbocycles. The van der Waals surface area contributed by atoms with Crippen molar-refractivity contribution < 1.29 is 0 Å². The molecule has 0 spiro atoms. The maximum absolute atomic E-state index is 5.75. The van der Waals surface area contributed by atoms with Crippen LogP contribution in [0.4, 0.5) is 0 Å². The monoisotopic (exact) mass is 177 g/mol. The van der Waals surface area contributed by atoms with Crippen LogP contribution in [-0.4, -0.2) is 4.98 Å². The molecule has 2 rings (SSSR count). The van der Waals surface area contributed by atoms with Crippen molar-refractivity contribution in [1.82, 2.24) is 4.98 Å². The Hall–Kier alpha value is -1.21. The lowest BCUT2D eigenvalue weighted by molar-refractivity contribution is 1.40. The number of aromatic amines is 1. The van der Waals surface area contributed by atoms with Crippen LogP contribution >= 0.6 is 11.6 Å². The summed E-state index contributed by atoms with van der Waals surface area (Å²) in [6, 6.07) is 13.9. The van der Waals surface area contributed by atoms with Crippen molar-refractivity contribution in [3.8, 4) is 11.3 Å². The molecule has 0 unspecified atom stereocenters. The van der Waals surface area contributed by atoms with E-state index in [0.717, 1.165) is 11.3 Å². The predicted octanol–water partition coefficient (Wildman–Crippen LogP) is 3.34. The van der Waals surface area contributed by atoms with Gasteiger partial charge in [-0.1, -0.05) is 41.9 Å². The van der Waals surface area contributed by atoms with Crippen LogP contribution in [0.25, 0.3) is 11.3 Å². The molecule has 2 heteroatoms. The molecular formula is C10H8ClN. The summed E-state index contributed by atoms with van der Waals surface area (Å²) < 4.78 is 0. The number of H-pyrrole nitrogens is 1. The molecule has 0 aliphatic heterocycles. The van der Waals surface area contributed by atoms with Gasteiger partial charge in [0.25, 0.3) is 0 Å². The van der Waals surface area contributed by atoms with Crippen LogP contribution in [0.3, 0.4) is 0 Å². The zero-order chi connectivity index (χ0) is 8.39. The summed E-state index contributed by atoms with van der Waals surface area (Å²) in [6.45, 7) is 0. The highest BCUT2D eigenvalue weighted by molar-refractivity contribution is 6.29. The molecule has 0 bridgehead atoms. The molecule has 12 heavy (non-hydrogen) atoms. The summed E-state index contributed by atoms with van der Waals surface area (Å²) in [5.41, 5.74) is 2.21. The van der Waals surface area contributed by atoms with Crippen LogP contribution in [0.2, 0.25) is 5.15 Å². The molecule has 1 nitrogen and oxygen atoms in total. The molecule has 0 amide bonds. The first-order valence-electron chi connectivity index (χ1n) is 3.76. The molecule has 60 valence electrons. The summed E-state index contributed by atoms with van der Waals surface area (Å²) in [5.74, 6) is 0. The molecule has 1 N–H and O–H groups in total. The van der Waals surface area contributed by atoms with Gasteiger partial charge in [0.1, 0.15) is 5.15 Å². The normalized spacial score (nSPS) is 10.1. The largest absolute Gasteiger partial charge is 0.346 e. The number of rotatable bonds is 1. The molecule has 1 aromatic carbocycles. The Kier molecular flexibility index (Phi) is 1.88. The van der Waals surface area contributed by atoms with Crippen molar-refractivity contribution in [2.45, 2.75) is 0 Å². The Morgan fingerprint density at radius 2 is 1.67 bits per heavy atom. The number of hydrogen-bond acceptors (Lipinski definition) is 0. The summed E-state index contributed by atoms with van der Waals surface area (Å²) >= 11 is 5.75. The van der Waals surface area contributed by atoms with Gasteiger partial charge in [0.15, 0.2) is 0 Å². The van der Waals surface area contributed by atoms with Crippen LogP contribution in [0.1, 0.15) is 0 Å². The fourth-order valence-electron chi connectivity index (χ4n) is 1.15. The van der Waals surface area contributed by atoms with E-state index in [1.807, 2.05) is 42.5 Å². The molecule has 2 aromatic rings. The van der Waals surface area contributed by atoms with E-state index in [2.05, 4.69) is 4.98 Å². The lowest BCUT2D eigenvalue weighted by Gasteiger charge is -1.94. The average molecular weight is 178 g/mol. The second kappa shape index (κ2) is 3.03. The van der Waals surface area contributed by atoms with Crippen LogP contribution in [0.15, 0.2) is 42.5 Å². The van der Waals surface area contributed by atoms with Crippen molar-refractivity contribution in [2.75, 3.05) is 0 Å². The summed E-state index contributed by atoms with van der Waals surface area (Å²) in [4.78, 5) is 3.06. The van der Waals surface area contributed by atoms with Crippen molar-refractivity contribution in [1.29, 1.82) is 0 Å².